The van der Waals surface area contributed by atoms with E-state index in [0.29, 0.717) is 12.4 Å². The van der Waals surface area contributed by atoms with E-state index in [0.717, 1.165) is 40.3 Å². The maximum Gasteiger partial charge on any atom is 0.233 e. The Morgan fingerprint density at radius 2 is 2.22 bits per heavy atom. The molecule has 1 saturated heterocycles. The number of ether oxygens (including phenoxy) is 1. The molecule has 1 N–H and O–H groups in total. The van der Waals surface area contributed by atoms with Crippen LogP contribution in [0, 0.1) is 0 Å². The van der Waals surface area contributed by atoms with Crippen LogP contribution in [0.4, 0.5) is 0 Å². The summed E-state index contributed by atoms with van der Waals surface area (Å²) in [5.41, 5.74) is 0.894. The number of nitrogens with zero attached hydrogens (tertiary/aromatic N) is 2. The van der Waals surface area contributed by atoms with E-state index >= 15 is 0 Å². The zero-order chi connectivity index (χ0) is 18.6. The zero-order valence-electron chi connectivity index (χ0n) is 15.1. The molecule has 1 aromatic carbocycles. The van der Waals surface area contributed by atoms with E-state index < -0.39 is 0 Å². The second kappa shape index (κ2) is 8.37. The molecule has 2 aromatic heterocycles. The number of thioether (sulfide) groups is 1. The minimum Gasteiger partial charge on any atom is -0.376 e. The van der Waals surface area contributed by atoms with Crippen molar-refractivity contribution < 1.29 is 9.53 Å². The third-order valence-corrected chi connectivity index (χ3v) is 6.46. The second-order valence-corrected chi connectivity index (χ2v) is 8.76. The van der Waals surface area contributed by atoms with Crippen molar-refractivity contribution >= 4 is 39.9 Å². The van der Waals surface area contributed by atoms with Crippen LogP contribution in [-0.2, 0) is 9.53 Å². The van der Waals surface area contributed by atoms with Crippen molar-refractivity contribution in [3.05, 3.63) is 41.8 Å². The molecule has 1 aliphatic rings. The van der Waals surface area contributed by atoms with Gasteiger partial charge in [-0.2, -0.15) is 0 Å². The van der Waals surface area contributed by atoms with Crippen LogP contribution in [-0.4, -0.2) is 40.4 Å². The van der Waals surface area contributed by atoms with Crippen molar-refractivity contribution in [3.63, 3.8) is 0 Å². The lowest BCUT2D eigenvalue weighted by atomic mass is 10.2. The predicted molar refractivity (Wildman–Crippen MR) is 110 cm³/mol. The highest BCUT2D eigenvalue weighted by Crippen LogP contribution is 2.32. The molecule has 140 valence electrons. The molecule has 0 bridgehead atoms. The highest BCUT2D eigenvalue weighted by Gasteiger charge is 2.21. The van der Waals surface area contributed by atoms with Gasteiger partial charge in [-0.25, -0.2) is 9.97 Å². The summed E-state index contributed by atoms with van der Waals surface area (Å²) in [6, 6.07) is 11.9. The summed E-state index contributed by atoms with van der Waals surface area (Å²) in [7, 11) is 0. The number of thiophene rings is 1. The number of hydrogen-bond acceptors (Lipinski definition) is 6. The molecule has 1 aliphatic heterocycles. The second-order valence-electron chi connectivity index (χ2n) is 6.49. The normalized spacial score (nSPS) is 17.9. The van der Waals surface area contributed by atoms with Crippen molar-refractivity contribution in [1.29, 1.82) is 0 Å². The largest absolute Gasteiger partial charge is 0.376 e. The third kappa shape index (κ3) is 4.31. The van der Waals surface area contributed by atoms with Crippen molar-refractivity contribution in [3.8, 4) is 10.7 Å². The van der Waals surface area contributed by atoms with Crippen LogP contribution < -0.4 is 5.32 Å². The Morgan fingerprint density at radius 3 is 3.00 bits per heavy atom. The van der Waals surface area contributed by atoms with Crippen LogP contribution in [0.25, 0.3) is 21.6 Å². The van der Waals surface area contributed by atoms with Crippen molar-refractivity contribution in [1.82, 2.24) is 15.3 Å². The van der Waals surface area contributed by atoms with Gasteiger partial charge in [0, 0.05) is 18.5 Å². The molecular formula is C20H21N3O2S2. The molecule has 3 heterocycles. The molecule has 0 unspecified atom stereocenters. The number of nitrogens with one attached hydrogen (secondary N) is 1. The highest BCUT2D eigenvalue weighted by molar-refractivity contribution is 8.00. The summed E-state index contributed by atoms with van der Waals surface area (Å²) in [6.45, 7) is 3.29. The average molecular weight is 400 g/mol. The maximum atomic E-state index is 12.5. The Balaban J connectivity index is 1.54. The smallest absolute Gasteiger partial charge is 0.233 e. The molecule has 4 rings (SSSR count). The molecule has 5 nitrogen and oxygen atoms in total. The van der Waals surface area contributed by atoms with E-state index in [2.05, 4.69) is 10.3 Å². The summed E-state index contributed by atoms with van der Waals surface area (Å²) in [5.74, 6) is 0.717. The molecular weight excluding hydrogens is 378 g/mol. The number of para-hydroxylation sites is 1. The van der Waals surface area contributed by atoms with Crippen LogP contribution in [0.5, 0.6) is 0 Å². The molecule has 1 fully saturated rings. The molecule has 7 heteroatoms. The molecule has 3 aromatic rings. The van der Waals surface area contributed by atoms with E-state index in [4.69, 9.17) is 9.72 Å². The summed E-state index contributed by atoms with van der Waals surface area (Å²) >= 11 is 3.09. The number of amides is 1. The van der Waals surface area contributed by atoms with Crippen LogP contribution in [0.2, 0.25) is 0 Å². The van der Waals surface area contributed by atoms with Gasteiger partial charge >= 0.3 is 0 Å². The summed E-state index contributed by atoms with van der Waals surface area (Å²) in [6.07, 6.45) is 2.24. The molecule has 0 saturated carbocycles. The Kier molecular flexibility index (Phi) is 5.71. The Morgan fingerprint density at radius 1 is 1.33 bits per heavy atom. The maximum absolute atomic E-state index is 12.5. The Bertz CT molecular complexity index is 924. The highest BCUT2D eigenvalue weighted by atomic mass is 32.2. The standard InChI is InChI=1S/C20H21N3O2S2/c1-13(19(24)21-12-14-6-4-10-25-14)27-20-15-7-2-3-8-16(15)22-18(23-20)17-9-5-11-26-17/h2-3,5,7-9,11,13-14H,4,6,10,12H2,1H3,(H,21,24)/t13-,14-/m0/s1. The lowest BCUT2D eigenvalue weighted by molar-refractivity contribution is -0.120. The third-order valence-electron chi connectivity index (χ3n) is 4.50. The van der Waals surface area contributed by atoms with Crippen LogP contribution in [0.1, 0.15) is 19.8 Å². The van der Waals surface area contributed by atoms with E-state index in [9.17, 15) is 4.79 Å². The van der Waals surface area contributed by atoms with Gasteiger partial charge in [0.05, 0.1) is 21.7 Å². The first-order valence-corrected chi connectivity index (χ1v) is 10.8. The SMILES string of the molecule is C[C@H](Sc1nc(-c2cccs2)nc2ccccc12)C(=O)NC[C@@H]1CCCO1. The van der Waals surface area contributed by atoms with Gasteiger partial charge in [-0.05, 0) is 37.3 Å². The van der Waals surface area contributed by atoms with Gasteiger partial charge < -0.3 is 10.1 Å². The monoisotopic (exact) mass is 399 g/mol. The number of hydrogen-bond donors (Lipinski definition) is 1. The Labute approximate surface area is 166 Å². The molecule has 27 heavy (non-hydrogen) atoms. The van der Waals surface area contributed by atoms with Gasteiger partial charge in [0.2, 0.25) is 5.91 Å². The number of benzene rings is 1. The van der Waals surface area contributed by atoms with Gasteiger partial charge in [-0.3, -0.25) is 4.79 Å². The summed E-state index contributed by atoms with van der Waals surface area (Å²) < 4.78 is 5.58. The van der Waals surface area contributed by atoms with Crippen molar-refractivity contribution in [2.75, 3.05) is 13.2 Å². The average Bonchev–Trinajstić information content (AvgIpc) is 3.39. The quantitative estimate of drug-likeness (QED) is 0.499. The fraction of sp³-hybridized carbons (Fsp3) is 0.350. The number of carbonyl (C=O) groups excluding carboxylic acids is 1. The van der Waals surface area contributed by atoms with Crippen LogP contribution in [0.15, 0.2) is 46.8 Å². The first-order valence-electron chi connectivity index (χ1n) is 9.07. The molecule has 0 spiro atoms. The van der Waals surface area contributed by atoms with E-state index in [-0.39, 0.29) is 17.3 Å². The first-order chi connectivity index (χ1) is 13.2. The minimum absolute atomic E-state index is 0.0101. The molecule has 1 amide bonds. The number of aromatic nitrogens is 2. The van der Waals surface area contributed by atoms with Gasteiger partial charge in [-0.1, -0.05) is 36.0 Å². The van der Waals surface area contributed by atoms with Gasteiger partial charge in [0.1, 0.15) is 5.03 Å². The van der Waals surface area contributed by atoms with E-state index in [1.54, 1.807) is 11.3 Å². The van der Waals surface area contributed by atoms with Crippen LogP contribution >= 0.6 is 23.1 Å². The Hall–Kier alpha value is -1.96. The van der Waals surface area contributed by atoms with E-state index in [1.807, 2.05) is 48.7 Å². The lowest BCUT2D eigenvalue weighted by Gasteiger charge is -2.15. The van der Waals surface area contributed by atoms with E-state index in [1.165, 1.54) is 11.8 Å². The minimum atomic E-state index is -0.249. The molecule has 0 radical (unpaired) electrons. The van der Waals surface area contributed by atoms with Gasteiger partial charge in [-0.15, -0.1) is 11.3 Å². The van der Waals surface area contributed by atoms with Gasteiger partial charge in [0.25, 0.3) is 0 Å². The van der Waals surface area contributed by atoms with Crippen molar-refractivity contribution in [2.24, 2.45) is 0 Å². The molecule has 0 aliphatic carbocycles. The number of fused-ring (bicyclic) bond motifs is 1. The number of carbonyl (C=O) groups is 1. The topological polar surface area (TPSA) is 64.1 Å². The summed E-state index contributed by atoms with van der Waals surface area (Å²) in [5, 5.41) is 6.59. The fourth-order valence-corrected chi connectivity index (χ4v) is 4.66. The van der Waals surface area contributed by atoms with Crippen molar-refractivity contribution in [2.45, 2.75) is 36.1 Å². The number of rotatable bonds is 6. The lowest BCUT2D eigenvalue weighted by Crippen LogP contribution is -2.36. The first kappa shape index (κ1) is 18.4. The summed E-state index contributed by atoms with van der Waals surface area (Å²) in [4.78, 5) is 23.0. The van der Waals surface area contributed by atoms with Crippen LogP contribution in [0.3, 0.4) is 0 Å². The fourth-order valence-electron chi connectivity index (χ4n) is 3.04. The zero-order valence-corrected chi connectivity index (χ0v) is 16.7. The predicted octanol–water partition coefficient (Wildman–Crippen LogP) is 4.13. The molecule has 2 atom stereocenters. The van der Waals surface area contributed by atoms with Gasteiger partial charge in [0.15, 0.2) is 5.82 Å².